The summed E-state index contributed by atoms with van der Waals surface area (Å²) in [6.45, 7) is 3.00. The number of aryl methyl sites for hydroxylation is 1. The lowest BCUT2D eigenvalue weighted by Crippen LogP contribution is -2.32. The average molecular weight is 398 g/mol. The molecule has 0 saturated heterocycles. The van der Waals surface area contributed by atoms with Gasteiger partial charge in [-0.1, -0.05) is 24.3 Å². The molecule has 0 spiro atoms. The van der Waals surface area contributed by atoms with Gasteiger partial charge in [-0.3, -0.25) is 0 Å². The molecule has 3 rings (SSSR count). The third-order valence-corrected chi connectivity index (χ3v) is 4.76. The van der Waals surface area contributed by atoms with Crippen LogP contribution in [0.25, 0.3) is 11.5 Å². The van der Waals surface area contributed by atoms with E-state index in [1.54, 1.807) is 12.1 Å². The van der Waals surface area contributed by atoms with Gasteiger partial charge in [-0.15, -0.1) is 11.3 Å². The Morgan fingerprint density at radius 2 is 2.04 bits per heavy atom. The number of nitrogens with one attached hydrogen (secondary N) is 2. The van der Waals surface area contributed by atoms with E-state index in [0.29, 0.717) is 34.9 Å². The summed E-state index contributed by atoms with van der Waals surface area (Å²) in [6, 6.07) is 11.2. The number of primary amides is 1. The third kappa shape index (κ3) is 5.34. The summed E-state index contributed by atoms with van der Waals surface area (Å²) in [7, 11) is 0. The van der Waals surface area contributed by atoms with Crippen molar-refractivity contribution in [1.82, 2.24) is 15.6 Å². The van der Waals surface area contributed by atoms with Crippen molar-refractivity contribution >= 4 is 28.5 Å². The molecular weight excluding hydrogens is 376 g/mol. The maximum absolute atomic E-state index is 10.8. The van der Waals surface area contributed by atoms with Crippen molar-refractivity contribution < 1.29 is 9.21 Å². The average Bonchev–Trinajstić information content (AvgIpc) is 3.31. The molecular formula is C19H22N6O2S. The molecule has 0 atom stereocenters. The monoisotopic (exact) mass is 398 g/mol. The molecule has 3 aromatic rings. The van der Waals surface area contributed by atoms with Gasteiger partial charge in [0.2, 0.25) is 5.13 Å². The van der Waals surface area contributed by atoms with Crippen molar-refractivity contribution in [3.8, 4) is 11.5 Å². The second-order valence-corrected chi connectivity index (χ2v) is 6.94. The molecule has 0 saturated carbocycles. The van der Waals surface area contributed by atoms with Gasteiger partial charge < -0.3 is 26.5 Å². The third-order valence-electron chi connectivity index (χ3n) is 4.02. The van der Waals surface area contributed by atoms with Crippen LogP contribution in [-0.2, 0) is 13.0 Å². The Kier molecular flexibility index (Phi) is 6.28. The minimum Gasteiger partial charge on any atom is -0.458 e. The molecule has 6 N–H and O–H groups in total. The summed E-state index contributed by atoms with van der Waals surface area (Å²) in [5.74, 6) is 1.49. The minimum atomic E-state index is -0.603. The summed E-state index contributed by atoms with van der Waals surface area (Å²) in [5, 5.41) is 7.95. The Morgan fingerprint density at radius 1 is 1.21 bits per heavy atom. The van der Waals surface area contributed by atoms with Gasteiger partial charge in [0.15, 0.2) is 11.7 Å². The fraction of sp³-hybridized carbons (Fsp3) is 0.211. The summed E-state index contributed by atoms with van der Waals surface area (Å²) in [6.07, 6.45) is 0.862. The van der Waals surface area contributed by atoms with E-state index in [1.165, 1.54) is 22.5 Å². The van der Waals surface area contributed by atoms with E-state index in [-0.39, 0.29) is 6.54 Å². The molecule has 0 fully saturated rings. The number of aromatic nitrogens is 1. The van der Waals surface area contributed by atoms with Crippen LogP contribution >= 0.6 is 11.3 Å². The van der Waals surface area contributed by atoms with Crippen molar-refractivity contribution in [3.05, 3.63) is 58.7 Å². The van der Waals surface area contributed by atoms with Gasteiger partial charge in [0.05, 0.1) is 6.54 Å². The number of amides is 2. The minimum absolute atomic E-state index is 0.224. The number of hydrogen-bond donors (Lipinski definition) is 4. The Hall–Kier alpha value is -3.33. The maximum atomic E-state index is 10.8. The Labute approximate surface area is 166 Å². The van der Waals surface area contributed by atoms with Crippen molar-refractivity contribution in [1.29, 1.82) is 0 Å². The second-order valence-electron chi connectivity index (χ2n) is 6.10. The molecule has 28 heavy (non-hydrogen) atoms. The highest BCUT2D eigenvalue weighted by Gasteiger charge is 2.10. The zero-order valence-corrected chi connectivity index (χ0v) is 16.3. The molecule has 2 aromatic heterocycles. The highest BCUT2D eigenvalue weighted by Crippen LogP contribution is 2.28. The smallest absolute Gasteiger partial charge is 0.312 e. The predicted molar refractivity (Wildman–Crippen MR) is 110 cm³/mol. The lowest BCUT2D eigenvalue weighted by Gasteiger charge is -2.07. The molecule has 0 aliphatic heterocycles. The van der Waals surface area contributed by atoms with E-state index in [4.69, 9.17) is 15.9 Å². The number of benzene rings is 1. The van der Waals surface area contributed by atoms with E-state index in [2.05, 4.69) is 39.7 Å². The van der Waals surface area contributed by atoms with E-state index >= 15 is 0 Å². The van der Waals surface area contributed by atoms with Crippen LogP contribution in [0, 0.1) is 6.92 Å². The molecule has 9 heteroatoms. The van der Waals surface area contributed by atoms with Crippen LogP contribution in [0.4, 0.5) is 9.93 Å². The molecule has 8 nitrogen and oxygen atoms in total. The largest absolute Gasteiger partial charge is 0.458 e. The number of thiazole rings is 1. The van der Waals surface area contributed by atoms with Gasteiger partial charge in [0, 0.05) is 11.9 Å². The van der Waals surface area contributed by atoms with Gasteiger partial charge >= 0.3 is 6.03 Å². The van der Waals surface area contributed by atoms with Crippen molar-refractivity contribution in [2.75, 3.05) is 6.54 Å². The number of hydrogen-bond acceptors (Lipinski definition) is 5. The molecule has 0 unspecified atom stereocenters. The molecule has 2 amide bonds. The van der Waals surface area contributed by atoms with Crippen LogP contribution < -0.4 is 22.1 Å². The van der Waals surface area contributed by atoms with Crippen LogP contribution in [0.15, 0.2) is 51.2 Å². The molecule has 146 valence electrons. The Bertz CT molecular complexity index is 978. The SMILES string of the molecule is Cc1ccccc1CCN/C(N)=N/c1nc(-c2ccc(CNC(N)=O)o2)cs1. The fourth-order valence-electron chi connectivity index (χ4n) is 2.57. The highest BCUT2D eigenvalue weighted by molar-refractivity contribution is 7.13. The van der Waals surface area contributed by atoms with Crippen LogP contribution in [0.2, 0.25) is 0 Å². The van der Waals surface area contributed by atoms with Crippen LogP contribution in [0.1, 0.15) is 16.9 Å². The normalized spacial score (nSPS) is 11.4. The summed E-state index contributed by atoms with van der Waals surface area (Å²) in [4.78, 5) is 19.5. The van der Waals surface area contributed by atoms with Gasteiger partial charge in [-0.2, -0.15) is 4.99 Å². The first kappa shape index (κ1) is 19.4. The fourth-order valence-corrected chi connectivity index (χ4v) is 3.26. The molecule has 0 aliphatic carbocycles. The summed E-state index contributed by atoms with van der Waals surface area (Å²) in [5.41, 5.74) is 14.2. The van der Waals surface area contributed by atoms with Crippen LogP contribution in [-0.4, -0.2) is 23.5 Å². The number of nitrogens with zero attached hydrogens (tertiary/aromatic N) is 2. The van der Waals surface area contributed by atoms with Crippen molar-refractivity contribution in [3.63, 3.8) is 0 Å². The number of nitrogens with two attached hydrogens (primary N) is 2. The highest BCUT2D eigenvalue weighted by atomic mass is 32.1. The van der Waals surface area contributed by atoms with Crippen LogP contribution in [0.3, 0.4) is 0 Å². The van der Waals surface area contributed by atoms with Gasteiger partial charge in [-0.05, 0) is 36.6 Å². The van der Waals surface area contributed by atoms with Crippen molar-refractivity contribution in [2.45, 2.75) is 19.9 Å². The maximum Gasteiger partial charge on any atom is 0.312 e. The predicted octanol–water partition coefficient (Wildman–Crippen LogP) is 2.66. The second kappa shape index (κ2) is 9.05. The zero-order chi connectivity index (χ0) is 19.9. The van der Waals surface area contributed by atoms with E-state index in [0.717, 1.165) is 6.42 Å². The first-order chi connectivity index (χ1) is 13.5. The molecule has 0 aliphatic rings. The molecule has 0 bridgehead atoms. The Morgan fingerprint density at radius 3 is 2.82 bits per heavy atom. The van der Waals surface area contributed by atoms with Gasteiger partial charge in [-0.25, -0.2) is 9.78 Å². The number of aliphatic imine (C=N–C) groups is 1. The molecule has 0 radical (unpaired) electrons. The van der Waals surface area contributed by atoms with Crippen LogP contribution in [0.5, 0.6) is 0 Å². The summed E-state index contributed by atoms with van der Waals surface area (Å²) >= 11 is 1.36. The molecule has 2 heterocycles. The zero-order valence-electron chi connectivity index (χ0n) is 15.4. The number of rotatable bonds is 7. The quantitative estimate of drug-likeness (QED) is 0.359. The first-order valence-electron chi connectivity index (χ1n) is 8.71. The number of guanidine groups is 1. The van der Waals surface area contributed by atoms with E-state index in [9.17, 15) is 4.79 Å². The lowest BCUT2D eigenvalue weighted by molar-refractivity contribution is 0.247. The van der Waals surface area contributed by atoms with Gasteiger partial charge in [0.1, 0.15) is 11.5 Å². The Balaban J connectivity index is 1.56. The summed E-state index contributed by atoms with van der Waals surface area (Å²) < 4.78 is 5.64. The van der Waals surface area contributed by atoms with E-state index in [1.807, 2.05) is 17.5 Å². The standard InChI is InChI=1S/C19H22N6O2S/c1-12-4-2-3-5-13(12)8-9-22-17(20)25-19-24-15(11-28-19)16-7-6-14(27-16)10-23-18(21)26/h2-7,11H,8-10H2,1H3,(H3,21,23,26)(H3,20,22,24,25). The number of carbonyl (C=O) groups is 1. The molecule has 1 aromatic carbocycles. The topological polar surface area (TPSA) is 132 Å². The lowest BCUT2D eigenvalue weighted by atomic mass is 10.1. The number of urea groups is 1. The number of carbonyl (C=O) groups excluding carboxylic acids is 1. The number of furan rings is 1. The first-order valence-corrected chi connectivity index (χ1v) is 9.59. The van der Waals surface area contributed by atoms with Crippen molar-refractivity contribution in [2.24, 2.45) is 16.5 Å². The van der Waals surface area contributed by atoms with Gasteiger partial charge in [0.25, 0.3) is 0 Å². The van der Waals surface area contributed by atoms with E-state index < -0.39 is 6.03 Å².